The minimum Gasteiger partial charge on any atom is -0.337 e. The average molecular weight is 366 g/mol. The van der Waals surface area contributed by atoms with Crippen molar-refractivity contribution in [2.24, 2.45) is 7.05 Å². The van der Waals surface area contributed by atoms with E-state index in [1.807, 2.05) is 16.9 Å². The van der Waals surface area contributed by atoms with Crippen molar-refractivity contribution in [2.75, 3.05) is 26.2 Å². The summed E-state index contributed by atoms with van der Waals surface area (Å²) in [6, 6.07) is 2.37. The molecule has 1 aliphatic heterocycles. The fourth-order valence-electron chi connectivity index (χ4n) is 2.89. The third-order valence-electron chi connectivity index (χ3n) is 4.60. The van der Waals surface area contributed by atoms with Crippen molar-refractivity contribution in [3.8, 4) is 0 Å². The van der Waals surface area contributed by atoms with E-state index in [1.165, 1.54) is 4.31 Å². The highest BCUT2D eigenvalue weighted by Gasteiger charge is 2.30. The van der Waals surface area contributed by atoms with E-state index in [2.05, 4.69) is 28.8 Å². The first-order chi connectivity index (χ1) is 11.8. The Balaban J connectivity index is 1.61. The molecular weight excluding hydrogens is 340 g/mol. The summed E-state index contributed by atoms with van der Waals surface area (Å²) in [7, 11) is -1.71. The molecule has 2 aromatic rings. The topological polar surface area (TPSA) is 76.3 Å². The highest BCUT2D eigenvalue weighted by molar-refractivity contribution is 7.89. The lowest BCUT2D eigenvalue weighted by atomic mass is 10.3. The van der Waals surface area contributed by atoms with Crippen LogP contribution in [0.4, 0.5) is 0 Å². The molecule has 8 nitrogen and oxygen atoms in total. The Morgan fingerprint density at radius 1 is 1.20 bits per heavy atom. The average Bonchev–Trinajstić information content (AvgIpc) is 3.16. The number of rotatable bonds is 5. The smallest absolute Gasteiger partial charge is 0.262 e. The Morgan fingerprint density at radius 3 is 2.40 bits per heavy atom. The number of piperazine rings is 1. The van der Waals surface area contributed by atoms with E-state index in [9.17, 15) is 8.42 Å². The highest BCUT2D eigenvalue weighted by atomic mass is 32.2. The third kappa shape index (κ3) is 3.78. The molecule has 0 amide bonds. The predicted octanol–water partition coefficient (Wildman–Crippen LogP) is 1.01. The fourth-order valence-corrected chi connectivity index (χ4v) is 4.34. The summed E-state index contributed by atoms with van der Waals surface area (Å²) in [4.78, 5) is 6.41. The molecule has 0 atom stereocenters. The van der Waals surface area contributed by atoms with Crippen LogP contribution in [-0.4, -0.2) is 63.1 Å². The van der Waals surface area contributed by atoms with Gasteiger partial charge in [-0.2, -0.15) is 9.40 Å². The van der Waals surface area contributed by atoms with Gasteiger partial charge in [-0.05, 0) is 26.8 Å². The summed E-state index contributed by atoms with van der Waals surface area (Å²) in [6.07, 6.45) is 3.57. The molecule has 25 heavy (non-hydrogen) atoms. The standard InChI is InChI=1S/C16H26N6O2S/c1-13(2)22-6-5-15(18-22)11-20-7-9-21(10-8-20)25(23,24)16-12-19(4)14(3)17-16/h5-6,12-13H,7-11H2,1-4H3. The molecule has 0 unspecified atom stereocenters. The van der Waals surface area contributed by atoms with Gasteiger partial charge in [0.1, 0.15) is 5.82 Å². The number of aromatic nitrogens is 4. The Labute approximate surface area is 149 Å². The van der Waals surface area contributed by atoms with Gasteiger partial charge >= 0.3 is 0 Å². The molecule has 1 saturated heterocycles. The Kier molecular flexibility index (Phi) is 4.99. The molecule has 0 saturated carbocycles. The molecular formula is C16H26N6O2S. The van der Waals surface area contributed by atoms with E-state index in [1.54, 1.807) is 24.7 Å². The molecule has 0 bridgehead atoms. The van der Waals surface area contributed by atoms with Crippen LogP contribution in [0.25, 0.3) is 0 Å². The van der Waals surface area contributed by atoms with Gasteiger partial charge < -0.3 is 4.57 Å². The predicted molar refractivity (Wildman–Crippen MR) is 94.6 cm³/mol. The van der Waals surface area contributed by atoms with E-state index in [0.717, 1.165) is 12.2 Å². The number of imidazole rings is 1. The van der Waals surface area contributed by atoms with Crippen LogP contribution in [0.2, 0.25) is 0 Å². The normalized spacial score (nSPS) is 17.5. The summed E-state index contributed by atoms with van der Waals surface area (Å²) in [6.45, 7) is 9.08. The fraction of sp³-hybridized carbons (Fsp3) is 0.625. The minimum absolute atomic E-state index is 0.136. The summed E-state index contributed by atoms with van der Waals surface area (Å²) in [5.41, 5.74) is 1.02. The summed E-state index contributed by atoms with van der Waals surface area (Å²) >= 11 is 0. The van der Waals surface area contributed by atoms with Crippen molar-refractivity contribution in [1.29, 1.82) is 0 Å². The highest BCUT2D eigenvalue weighted by Crippen LogP contribution is 2.17. The van der Waals surface area contributed by atoms with Crippen LogP contribution in [0.15, 0.2) is 23.5 Å². The summed E-state index contributed by atoms with van der Waals surface area (Å²) in [5.74, 6) is 0.693. The molecule has 0 N–H and O–H groups in total. The SMILES string of the molecule is Cc1nc(S(=O)(=O)N2CCN(Cc3ccn(C(C)C)n3)CC2)cn1C. The Bertz CT molecular complexity index is 811. The zero-order chi connectivity index (χ0) is 18.2. The van der Waals surface area contributed by atoms with Gasteiger partial charge in [0.15, 0.2) is 5.03 Å². The van der Waals surface area contributed by atoms with Gasteiger partial charge in [0.05, 0.1) is 5.69 Å². The van der Waals surface area contributed by atoms with E-state index < -0.39 is 10.0 Å². The van der Waals surface area contributed by atoms with Crippen molar-refractivity contribution >= 4 is 10.0 Å². The zero-order valence-electron chi connectivity index (χ0n) is 15.3. The lowest BCUT2D eigenvalue weighted by Crippen LogP contribution is -2.48. The second kappa shape index (κ2) is 6.89. The first kappa shape index (κ1) is 18.1. The molecule has 1 aliphatic rings. The zero-order valence-corrected chi connectivity index (χ0v) is 16.1. The Hall–Kier alpha value is -1.71. The second-order valence-electron chi connectivity index (χ2n) is 6.80. The monoisotopic (exact) mass is 366 g/mol. The van der Waals surface area contributed by atoms with Crippen molar-refractivity contribution in [1.82, 2.24) is 28.5 Å². The first-order valence-electron chi connectivity index (χ1n) is 8.54. The minimum atomic E-state index is -3.51. The molecule has 1 fully saturated rings. The molecule has 0 aliphatic carbocycles. The number of hydrogen-bond donors (Lipinski definition) is 0. The van der Waals surface area contributed by atoms with Crippen LogP contribution in [0.3, 0.4) is 0 Å². The van der Waals surface area contributed by atoms with E-state index in [-0.39, 0.29) is 5.03 Å². The summed E-state index contributed by atoms with van der Waals surface area (Å²) in [5, 5.41) is 4.70. The summed E-state index contributed by atoms with van der Waals surface area (Å²) < 4.78 is 30.6. The molecule has 0 aromatic carbocycles. The van der Waals surface area contributed by atoms with Crippen LogP contribution in [0, 0.1) is 6.92 Å². The van der Waals surface area contributed by atoms with Gasteiger partial charge in [-0.25, -0.2) is 13.4 Å². The lowest BCUT2D eigenvalue weighted by molar-refractivity contribution is 0.179. The van der Waals surface area contributed by atoms with Gasteiger partial charge in [0.2, 0.25) is 0 Å². The van der Waals surface area contributed by atoms with E-state index in [4.69, 9.17) is 0 Å². The van der Waals surface area contributed by atoms with Crippen LogP contribution >= 0.6 is 0 Å². The lowest BCUT2D eigenvalue weighted by Gasteiger charge is -2.33. The van der Waals surface area contributed by atoms with Gasteiger partial charge in [-0.3, -0.25) is 9.58 Å². The quantitative estimate of drug-likeness (QED) is 0.789. The number of hydrogen-bond acceptors (Lipinski definition) is 5. The van der Waals surface area contributed by atoms with Crippen LogP contribution in [0.5, 0.6) is 0 Å². The van der Waals surface area contributed by atoms with Crippen LogP contribution in [0.1, 0.15) is 31.4 Å². The number of sulfonamides is 1. The van der Waals surface area contributed by atoms with Gasteiger partial charge in [0.25, 0.3) is 10.0 Å². The van der Waals surface area contributed by atoms with E-state index >= 15 is 0 Å². The maximum Gasteiger partial charge on any atom is 0.262 e. The van der Waals surface area contributed by atoms with Crippen molar-refractivity contribution in [2.45, 2.75) is 38.4 Å². The Morgan fingerprint density at radius 2 is 1.88 bits per heavy atom. The largest absolute Gasteiger partial charge is 0.337 e. The van der Waals surface area contributed by atoms with Gasteiger partial charge in [-0.1, -0.05) is 0 Å². The van der Waals surface area contributed by atoms with E-state index in [0.29, 0.717) is 38.0 Å². The van der Waals surface area contributed by atoms with Gasteiger partial charge in [-0.15, -0.1) is 0 Å². The third-order valence-corrected chi connectivity index (χ3v) is 6.37. The van der Waals surface area contributed by atoms with Crippen molar-refractivity contribution in [3.05, 3.63) is 30.0 Å². The molecule has 2 aromatic heterocycles. The molecule has 3 rings (SSSR count). The van der Waals surface area contributed by atoms with Gasteiger partial charge in [0, 0.05) is 58.2 Å². The molecule has 0 radical (unpaired) electrons. The molecule has 9 heteroatoms. The molecule has 3 heterocycles. The number of aryl methyl sites for hydroxylation is 2. The number of nitrogens with zero attached hydrogens (tertiary/aromatic N) is 6. The maximum absolute atomic E-state index is 12.7. The van der Waals surface area contributed by atoms with Crippen LogP contribution < -0.4 is 0 Å². The first-order valence-corrected chi connectivity index (χ1v) is 9.98. The molecule has 138 valence electrons. The maximum atomic E-state index is 12.7. The molecule has 0 spiro atoms. The van der Waals surface area contributed by atoms with Crippen LogP contribution in [-0.2, 0) is 23.6 Å². The van der Waals surface area contributed by atoms with Crippen molar-refractivity contribution in [3.63, 3.8) is 0 Å². The second-order valence-corrected chi connectivity index (χ2v) is 8.68. The van der Waals surface area contributed by atoms with Crippen molar-refractivity contribution < 1.29 is 8.42 Å².